The third-order valence-electron chi connectivity index (χ3n) is 5.46. The molecular weight excluding hydrogens is 472 g/mol. The molecule has 0 fully saturated rings. The number of esters is 1. The monoisotopic (exact) mass is 494 g/mol. The Morgan fingerprint density at radius 2 is 1.94 bits per heavy atom. The molecule has 3 aromatic rings. The molecule has 0 spiro atoms. The van der Waals surface area contributed by atoms with Gasteiger partial charge in [0, 0.05) is 17.5 Å². The molecule has 1 amide bonds. The highest BCUT2D eigenvalue weighted by atomic mass is 79.9. The Bertz CT molecular complexity index is 1180. The van der Waals surface area contributed by atoms with E-state index in [0.717, 1.165) is 22.0 Å². The Hall–Kier alpha value is -3.03. The lowest BCUT2D eigenvalue weighted by Crippen LogP contribution is -2.46. The fourth-order valence-electron chi connectivity index (χ4n) is 3.56. The van der Waals surface area contributed by atoms with Gasteiger partial charge in [0.15, 0.2) is 5.60 Å². The van der Waals surface area contributed by atoms with Gasteiger partial charge < -0.3 is 14.8 Å². The van der Waals surface area contributed by atoms with Crippen molar-refractivity contribution in [2.75, 3.05) is 6.61 Å². The van der Waals surface area contributed by atoms with Crippen LogP contribution in [0.25, 0.3) is 10.9 Å². The van der Waals surface area contributed by atoms with E-state index < -0.39 is 11.6 Å². The third kappa shape index (κ3) is 4.74. The summed E-state index contributed by atoms with van der Waals surface area (Å²) >= 11 is 3.48. The summed E-state index contributed by atoms with van der Waals surface area (Å²) in [5.74, 6) is -0.785. The molecule has 164 valence electrons. The molecule has 7 heteroatoms. The number of nitrogens with zero attached hydrogens (tertiary/aromatic N) is 1. The molecule has 4 rings (SSSR count). The first-order valence-electron chi connectivity index (χ1n) is 10.4. The number of carbonyl (C=O) groups is 2. The molecule has 1 aliphatic heterocycles. The fourth-order valence-corrected chi connectivity index (χ4v) is 4.01. The van der Waals surface area contributed by atoms with E-state index in [0.29, 0.717) is 16.6 Å². The number of pyridine rings is 1. The summed E-state index contributed by atoms with van der Waals surface area (Å²) in [6.07, 6.45) is 1.96. The number of cyclic esters (lactones) is 1. The molecule has 0 aliphatic carbocycles. The highest BCUT2D eigenvalue weighted by Crippen LogP contribution is 2.28. The summed E-state index contributed by atoms with van der Waals surface area (Å²) < 4.78 is 12.0. The van der Waals surface area contributed by atoms with Gasteiger partial charge in [-0.15, -0.1) is 0 Å². The van der Waals surface area contributed by atoms with Crippen molar-refractivity contribution in [1.29, 1.82) is 0 Å². The van der Waals surface area contributed by atoms with Crippen LogP contribution in [0.15, 0.2) is 76.9 Å². The second-order valence-electron chi connectivity index (χ2n) is 7.58. The summed E-state index contributed by atoms with van der Waals surface area (Å²) in [6.45, 7) is 2.27. The summed E-state index contributed by atoms with van der Waals surface area (Å²) in [5.41, 5.74) is 1.74. The molecule has 1 unspecified atom stereocenters. The molecule has 1 N–H and O–H groups in total. The number of fused-ring (bicyclic) bond motifs is 1. The Kier molecular flexibility index (Phi) is 6.67. The first kappa shape index (κ1) is 22.2. The van der Waals surface area contributed by atoms with Crippen molar-refractivity contribution in [3.8, 4) is 0 Å². The Morgan fingerprint density at radius 1 is 1.19 bits per heavy atom. The summed E-state index contributed by atoms with van der Waals surface area (Å²) in [6, 6.07) is 19.3. The minimum Gasteiger partial charge on any atom is -0.458 e. The standard InChI is InChI=1S/C25H23BrN2O4/c1-2-25(32-15-17-8-4-3-5-9-17)13-20(16-31-24(25)30)23(29)27-14-19-12-18-10-6-7-11-21(18)28-22(19)26/h3-13H,2,14-16H2,1H3,(H,27,29). The number of para-hydroxylation sites is 1. The van der Waals surface area contributed by atoms with Crippen LogP contribution in [0.4, 0.5) is 0 Å². The van der Waals surface area contributed by atoms with Gasteiger partial charge in [0.2, 0.25) is 0 Å². The van der Waals surface area contributed by atoms with Crippen LogP contribution < -0.4 is 5.32 Å². The van der Waals surface area contributed by atoms with E-state index in [-0.39, 0.29) is 25.7 Å². The van der Waals surface area contributed by atoms with Gasteiger partial charge in [0.25, 0.3) is 5.91 Å². The van der Waals surface area contributed by atoms with Crippen LogP contribution >= 0.6 is 15.9 Å². The minimum atomic E-state index is -1.29. The zero-order chi connectivity index (χ0) is 22.6. The molecule has 2 aromatic carbocycles. The van der Waals surface area contributed by atoms with E-state index in [1.165, 1.54) is 0 Å². The molecule has 1 aliphatic rings. The van der Waals surface area contributed by atoms with Crippen molar-refractivity contribution in [2.45, 2.75) is 32.1 Å². The lowest BCUT2D eigenvalue weighted by Gasteiger charge is -2.32. The average Bonchev–Trinajstić information content (AvgIpc) is 2.83. The number of aromatic nitrogens is 1. The minimum absolute atomic E-state index is 0.0851. The number of hydrogen-bond acceptors (Lipinski definition) is 5. The topological polar surface area (TPSA) is 77.5 Å². The van der Waals surface area contributed by atoms with Crippen molar-refractivity contribution in [3.05, 3.63) is 88.0 Å². The first-order valence-corrected chi connectivity index (χ1v) is 11.2. The van der Waals surface area contributed by atoms with E-state index >= 15 is 0 Å². The average molecular weight is 495 g/mol. The number of rotatable bonds is 7. The normalized spacial score (nSPS) is 18.2. The number of benzene rings is 2. The highest BCUT2D eigenvalue weighted by molar-refractivity contribution is 9.10. The molecule has 0 saturated heterocycles. The number of hydrogen-bond donors (Lipinski definition) is 1. The quantitative estimate of drug-likeness (QED) is 0.387. The smallest absolute Gasteiger partial charge is 0.342 e. The molecule has 1 atom stereocenters. The number of amides is 1. The SMILES string of the molecule is CCC1(OCc2ccccc2)C=C(C(=O)NCc2cc3ccccc3nc2Br)COC1=O. The van der Waals surface area contributed by atoms with E-state index in [1.807, 2.05) is 67.6 Å². The third-order valence-corrected chi connectivity index (χ3v) is 6.14. The lowest BCUT2D eigenvalue weighted by atomic mass is 9.94. The van der Waals surface area contributed by atoms with Crippen molar-refractivity contribution >= 4 is 38.7 Å². The molecule has 1 aromatic heterocycles. The second-order valence-corrected chi connectivity index (χ2v) is 8.33. The van der Waals surface area contributed by atoms with Crippen LogP contribution in [0.3, 0.4) is 0 Å². The largest absolute Gasteiger partial charge is 0.458 e. The van der Waals surface area contributed by atoms with Gasteiger partial charge in [0.05, 0.1) is 17.7 Å². The maximum Gasteiger partial charge on any atom is 0.342 e. The van der Waals surface area contributed by atoms with Crippen LogP contribution in [0.1, 0.15) is 24.5 Å². The fraction of sp³-hybridized carbons (Fsp3) is 0.240. The molecule has 0 bridgehead atoms. The van der Waals surface area contributed by atoms with Crippen molar-refractivity contribution in [3.63, 3.8) is 0 Å². The van der Waals surface area contributed by atoms with Gasteiger partial charge in [-0.25, -0.2) is 9.78 Å². The van der Waals surface area contributed by atoms with E-state index in [4.69, 9.17) is 9.47 Å². The summed E-state index contributed by atoms with van der Waals surface area (Å²) in [7, 11) is 0. The number of carbonyl (C=O) groups excluding carboxylic acids is 2. The van der Waals surface area contributed by atoms with Crippen LogP contribution in [0.2, 0.25) is 0 Å². The molecule has 6 nitrogen and oxygen atoms in total. The Balaban J connectivity index is 1.48. The van der Waals surface area contributed by atoms with Crippen LogP contribution in [-0.4, -0.2) is 29.1 Å². The first-order chi connectivity index (χ1) is 15.5. The molecule has 0 saturated carbocycles. The van der Waals surface area contributed by atoms with Gasteiger partial charge in [-0.3, -0.25) is 4.79 Å². The van der Waals surface area contributed by atoms with Crippen LogP contribution in [0, 0.1) is 0 Å². The zero-order valence-electron chi connectivity index (χ0n) is 17.6. The van der Waals surface area contributed by atoms with Gasteiger partial charge in [-0.05, 0) is 46.1 Å². The molecule has 32 heavy (non-hydrogen) atoms. The predicted octanol–water partition coefficient (Wildman–Crippen LogP) is 4.46. The number of halogens is 1. The zero-order valence-corrected chi connectivity index (χ0v) is 19.2. The van der Waals surface area contributed by atoms with E-state index in [2.05, 4.69) is 26.2 Å². The maximum atomic E-state index is 12.9. The molecular formula is C25H23BrN2O4. The summed E-state index contributed by atoms with van der Waals surface area (Å²) in [4.78, 5) is 29.9. The second kappa shape index (κ2) is 9.63. The predicted molar refractivity (Wildman–Crippen MR) is 125 cm³/mol. The maximum absolute atomic E-state index is 12.9. The summed E-state index contributed by atoms with van der Waals surface area (Å²) in [5, 5.41) is 3.89. The van der Waals surface area contributed by atoms with E-state index in [1.54, 1.807) is 6.08 Å². The van der Waals surface area contributed by atoms with Gasteiger partial charge in [0.1, 0.15) is 11.2 Å². The van der Waals surface area contributed by atoms with Crippen molar-refractivity contribution in [2.24, 2.45) is 0 Å². The molecule has 0 radical (unpaired) electrons. The van der Waals surface area contributed by atoms with Gasteiger partial charge >= 0.3 is 5.97 Å². The van der Waals surface area contributed by atoms with Gasteiger partial charge in [-0.2, -0.15) is 0 Å². The Labute approximate surface area is 194 Å². The molecule has 2 heterocycles. The van der Waals surface area contributed by atoms with Crippen LogP contribution in [-0.2, 0) is 32.2 Å². The van der Waals surface area contributed by atoms with E-state index in [9.17, 15) is 9.59 Å². The highest BCUT2D eigenvalue weighted by Gasteiger charge is 2.42. The Morgan fingerprint density at radius 3 is 2.72 bits per heavy atom. The number of nitrogens with one attached hydrogen (secondary N) is 1. The van der Waals surface area contributed by atoms with Crippen molar-refractivity contribution < 1.29 is 19.1 Å². The lowest BCUT2D eigenvalue weighted by molar-refractivity contribution is -0.169. The number of ether oxygens (including phenoxy) is 2. The van der Waals surface area contributed by atoms with Crippen LogP contribution in [0.5, 0.6) is 0 Å². The van der Waals surface area contributed by atoms with Crippen molar-refractivity contribution in [1.82, 2.24) is 10.3 Å². The van der Waals surface area contributed by atoms with Gasteiger partial charge in [-0.1, -0.05) is 55.5 Å².